The fraction of sp³-hybridized carbons (Fsp3) is 0.217. The number of benzene rings is 2. The first kappa shape index (κ1) is 19.6. The number of nitrogens with zero attached hydrogens (tertiary/aromatic N) is 2. The van der Waals surface area contributed by atoms with Gasteiger partial charge in [-0.05, 0) is 48.5 Å². The van der Waals surface area contributed by atoms with Crippen LogP contribution in [-0.4, -0.2) is 42.7 Å². The highest BCUT2D eigenvalue weighted by Crippen LogP contribution is 2.33. The fourth-order valence-electron chi connectivity index (χ4n) is 3.54. The number of carbonyl (C=O) groups excluding carboxylic acids is 2. The number of nitrogens with one attached hydrogen (secondary N) is 1. The number of para-hydroxylation sites is 1. The minimum Gasteiger partial charge on any atom is -0.487 e. The van der Waals surface area contributed by atoms with Crippen molar-refractivity contribution in [3.8, 4) is 11.4 Å². The number of hydrogen-bond acceptors (Lipinski definition) is 5. The molecule has 1 amide bonds. The summed E-state index contributed by atoms with van der Waals surface area (Å²) in [6, 6.07) is 16.8. The molecule has 0 aliphatic carbocycles. The lowest BCUT2D eigenvalue weighted by Gasteiger charge is -2.41. The molecule has 1 saturated heterocycles. The Hall–Kier alpha value is -3.74. The SMILES string of the molecule is COC(=O)c1cccc(N2CC(Oc3ccc(NC(C)=O)cc3)C2)c1-n1cccc1. The van der Waals surface area contributed by atoms with E-state index in [0.29, 0.717) is 18.7 Å². The summed E-state index contributed by atoms with van der Waals surface area (Å²) >= 11 is 0. The van der Waals surface area contributed by atoms with E-state index in [9.17, 15) is 9.59 Å². The van der Waals surface area contributed by atoms with Gasteiger partial charge < -0.3 is 24.3 Å². The number of esters is 1. The molecule has 0 radical (unpaired) electrons. The zero-order valence-electron chi connectivity index (χ0n) is 16.9. The van der Waals surface area contributed by atoms with Crippen LogP contribution in [0.5, 0.6) is 5.75 Å². The molecule has 154 valence electrons. The molecule has 3 aromatic rings. The molecule has 2 heterocycles. The van der Waals surface area contributed by atoms with E-state index in [4.69, 9.17) is 9.47 Å². The van der Waals surface area contributed by atoms with Crippen molar-refractivity contribution in [3.63, 3.8) is 0 Å². The van der Waals surface area contributed by atoms with E-state index >= 15 is 0 Å². The maximum Gasteiger partial charge on any atom is 0.340 e. The van der Waals surface area contributed by atoms with E-state index in [2.05, 4.69) is 10.2 Å². The van der Waals surface area contributed by atoms with Gasteiger partial charge in [0.25, 0.3) is 0 Å². The molecule has 1 fully saturated rings. The van der Waals surface area contributed by atoms with Gasteiger partial charge in [0.05, 0.1) is 37.1 Å². The van der Waals surface area contributed by atoms with Crippen molar-refractivity contribution in [2.75, 3.05) is 30.4 Å². The third-order valence-electron chi connectivity index (χ3n) is 4.95. The molecule has 1 N–H and O–H groups in total. The Morgan fingerprint density at radius 2 is 1.70 bits per heavy atom. The van der Waals surface area contributed by atoms with Crippen LogP contribution in [0, 0.1) is 0 Å². The lowest BCUT2D eigenvalue weighted by Crippen LogP contribution is -2.54. The molecule has 1 aromatic heterocycles. The number of methoxy groups -OCH3 is 1. The van der Waals surface area contributed by atoms with E-state index in [1.165, 1.54) is 14.0 Å². The summed E-state index contributed by atoms with van der Waals surface area (Å²) in [5, 5.41) is 2.74. The molecule has 2 aromatic carbocycles. The maximum absolute atomic E-state index is 12.3. The average molecular weight is 405 g/mol. The quantitative estimate of drug-likeness (QED) is 0.636. The molecule has 1 aliphatic heterocycles. The Kier molecular flexibility index (Phi) is 5.43. The van der Waals surface area contributed by atoms with Gasteiger partial charge in [-0.15, -0.1) is 0 Å². The zero-order chi connectivity index (χ0) is 21.1. The molecule has 7 nitrogen and oxygen atoms in total. The topological polar surface area (TPSA) is 72.8 Å². The summed E-state index contributed by atoms with van der Waals surface area (Å²) in [5.74, 6) is 0.279. The maximum atomic E-state index is 12.3. The highest BCUT2D eigenvalue weighted by molar-refractivity contribution is 5.96. The van der Waals surface area contributed by atoms with Crippen LogP contribution in [0.25, 0.3) is 5.69 Å². The number of rotatable bonds is 6. The standard InChI is InChI=1S/C23H23N3O4/c1-16(27)24-17-8-10-18(11-9-17)30-19-14-26(15-19)21-7-5-6-20(23(28)29-2)22(21)25-12-3-4-13-25/h3-13,19H,14-15H2,1-2H3,(H,24,27). The van der Waals surface area contributed by atoms with Crippen molar-refractivity contribution in [2.24, 2.45) is 0 Å². The summed E-state index contributed by atoms with van der Waals surface area (Å²) in [4.78, 5) is 25.6. The number of ether oxygens (including phenoxy) is 2. The van der Waals surface area contributed by atoms with Crippen LogP contribution in [-0.2, 0) is 9.53 Å². The van der Waals surface area contributed by atoms with E-state index in [0.717, 1.165) is 22.8 Å². The van der Waals surface area contributed by atoms with Gasteiger partial charge in [0.2, 0.25) is 5.91 Å². The van der Waals surface area contributed by atoms with Gasteiger partial charge in [0, 0.05) is 25.0 Å². The van der Waals surface area contributed by atoms with Gasteiger partial charge in [-0.3, -0.25) is 4.79 Å². The molecule has 7 heteroatoms. The summed E-state index contributed by atoms with van der Waals surface area (Å²) in [6.45, 7) is 2.88. The molecule has 0 saturated carbocycles. The van der Waals surface area contributed by atoms with Crippen LogP contribution in [0.1, 0.15) is 17.3 Å². The van der Waals surface area contributed by atoms with Gasteiger partial charge in [-0.25, -0.2) is 4.79 Å². The Labute approximate surface area is 174 Å². The Morgan fingerprint density at radius 3 is 2.33 bits per heavy atom. The number of amides is 1. The average Bonchev–Trinajstić information content (AvgIpc) is 3.24. The van der Waals surface area contributed by atoms with Crippen molar-refractivity contribution < 1.29 is 19.1 Å². The molecular formula is C23H23N3O4. The Morgan fingerprint density at radius 1 is 1.00 bits per heavy atom. The first-order valence-corrected chi connectivity index (χ1v) is 9.69. The first-order chi connectivity index (χ1) is 14.5. The first-order valence-electron chi connectivity index (χ1n) is 9.69. The van der Waals surface area contributed by atoms with E-state index < -0.39 is 0 Å². The number of anilines is 2. The summed E-state index contributed by atoms with van der Waals surface area (Å²) in [6.07, 6.45) is 3.86. The largest absolute Gasteiger partial charge is 0.487 e. The van der Waals surface area contributed by atoms with Crippen molar-refractivity contribution in [2.45, 2.75) is 13.0 Å². The number of carbonyl (C=O) groups is 2. The normalized spacial score (nSPS) is 13.5. The smallest absolute Gasteiger partial charge is 0.340 e. The van der Waals surface area contributed by atoms with Crippen molar-refractivity contribution in [1.29, 1.82) is 0 Å². The van der Waals surface area contributed by atoms with Crippen LogP contribution in [0.3, 0.4) is 0 Å². The number of hydrogen-bond donors (Lipinski definition) is 1. The van der Waals surface area contributed by atoms with Gasteiger partial charge in [0.1, 0.15) is 11.9 Å². The van der Waals surface area contributed by atoms with Gasteiger partial charge in [-0.2, -0.15) is 0 Å². The zero-order valence-corrected chi connectivity index (χ0v) is 16.9. The molecule has 0 unspecified atom stereocenters. The third kappa shape index (κ3) is 4.00. The predicted octanol–water partition coefficient (Wildman–Crippen LogP) is 3.49. The highest BCUT2D eigenvalue weighted by atomic mass is 16.5. The monoisotopic (exact) mass is 405 g/mol. The Bertz CT molecular complexity index is 1040. The fourth-order valence-corrected chi connectivity index (χ4v) is 3.54. The van der Waals surface area contributed by atoms with Gasteiger partial charge >= 0.3 is 5.97 Å². The third-order valence-corrected chi connectivity index (χ3v) is 4.95. The number of aromatic nitrogens is 1. The molecule has 0 spiro atoms. The Balaban J connectivity index is 1.48. The predicted molar refractivity (Wildman–Crippen MR) is 114 cm³/mol. The van der Waals surface area contributed by atoms with Crippen molar-refractivity contribution >= 4 is 23.3 Å². The molecule has 0 bridgehead atoms. The van der Waals surface area contributed by atoms with Crippen LogP contribution in [0.4, 0.5) is 11.4 Å². The van der Waals surface area contributed by atoms with Crippen LogP contribution in [0.15, 0.2) is 67.0 Å². The minimum absolute atomic E-state index is 0.0379. The van der Waals surface area contributed by atoms with E-state index in [-0.39, 0.29) is 18.0 Å². The lowest BCUT2D eigenvalue weighted by molar-refractivity contribution is -0.114. The summed E-state index contributed by atoms with van der Waals surface area (Å²) in [7, 11) is 1.39. The van der Waals surface area contributed by atoms with Gasteiger partial charge in [0.15, 0.2) is 0 Å². The molecule has 1 aliphatic rings. The highest BCUT2D eigenvalue weighted by Gasteiger charge is 2.32. The summed E-state index contributed by atoms with van der Waals surface area (Å²) < 4.78 is 12.9. The lowest BCUT2D eigenvalue weighted by atomic mass is 10.1. The molecule has 4 rings (SSSR count). The molecule has 30 heavy (non-hydrogen) atoms. The second-order valence-electron chi connectivity index (χ2n) is 7.11. The van der Waals surface area contributed by atoms with Crippen LogP contribution < -0.4 is 15.0 Å². The van der Waals surface area contributed by atoms with Crippen molar-refractivity contribution in [3.05, 3.63) is 72.6 Å². The van der Waals surface area contributed by atoms with Gasteiger partial charge in [-0.1, -0.05) is 6.07 Å². The van der Waals surface area contributed by atoms with E-state index in [1.807, 2.05) is 65.5 Å². The summed E-state index contributed by atoms with van der Waals surface area (Å²) in [5.41, 5.74) is 3.01. The minimum atomic E-state index is -0.367. The van der Waals surface area contributed by atoms with Crippen LogP contribution in [0.2, 0.25) is 0 Å². The molecular weight excluding hydrogens is 382 g/mol. The van der Waals surface area contributed by atoms with Crippen LogP contribution >= 0.6 is 0 Å². The second kappa shape index (κ2) is 8.32. The second-order valence-corrected chi connectivity index (χ2v) is 7.11. The van der Waals surface area contributed by atoms with E-state index in [1.54, 1.807) is 6.07 Å². The van der Waals surface area contributed by atoms with Crippen molar-refractivity contribution in [1.82, 2.24) is 4.57 Å². The molecule has 0 atom stereocenters.